The minimum Gasteiger partial charge on any atom is -0.496 e. The average Bonchev–Trinajstić information content (AvgIpc) is 2.54. The summed E-state index contributed by atoms with van der Waals surface area (Å²) in [5.41, 5.74) is 1.79. The lowest BCUT2D eigenvalue weighted by Gasteiger charge is -2.37. The van der Waals surface area contributed by atoms with Gasteiger partial charge in [-0.15, -0.1) is 0 Å². The number of hydrogen-bond acceptors (Lipinski definition) is 3. The van der Waals surface area contributed by atoms with Gasteiger partial charge < -0.3 is 14.7 Å². The van der Waals surface area contributed by atoms with Gasteiger partial charge in [0.05, 0.1) is 19.3 Å². The second-order valence-corrected chi connectivity index (χ2v) is 5.86. The van der Waals surface area contributed by atoms with Gasteiger partial charge in [-0.1, -0.05) is 18.2 Å². The standard InChI is InChI=1S/C18H25NO3/c1-13(15-8-4-5-10-17(15)22-3)12-18(21)19-11-7-6-9-16(19)14(2)20/h4-5,8,10,12,14,16,20H,6-7,9,11H2,1-3H3/b13-12+. The van der Waals surface area contributed by atoms with Gasteiger partial charge >= 0.3 is 0 Å². The van der Waals surface area contributed by atoms with E-state index in [1.165, 1.54) is 0 Å². The van der Waals surface area contributed by atoms with Crippen molar-refractivity contribution in [2.45, 2.75) is 45.3 Å². The molecule has 0 spiro atoms. The Kier molecular flexibility index (Phi) is 5.61. The predicted octanol–water partition coefficient (Wildman–Crippen LogP) is 2.86. The third kappa shape index (κ3) is 3.69. The van der Waals surface area contributed by atoms with E-state index in [-0.39, 0.29) is 11.9 Å². The van der Waals surface area contributed by atoms with Crippen molar-refractivity contribution in [3.63, 3.8) is 0 Å². The molecule has 1 aliphatic rings. The fourth-order valence-corrected chi connectivity index (χ4v) is 3.05. The van der Waals surface area contributed by atoms with Gasteiger partial charge in [-0.3, -0.25) is 4.79 Å². The smallest absolute Gasteiger partial charge is 0.247 e. The lowest BCUT2D eigenvalue weighted by molar-refractivity contribution is -0.132. The summed E-state index contributed by atoms with van der Waals surface area (Å²) in [6, 6.07) is 7.59. The summed E-state index contributed by atoms with van der Waals surface area (Å²) in [4.78, 5) is 14.4. The Balaban J connectivity index is 2.21. The van der Waals surface area contributed by atoms with E-state index in [1.54, 1.807) is 25.0 Å². The van der Waals surface area contributed by atoms with Gasteiger partial charge in [-0.05, 0) is 44.7 Å². The zero-order valence-corrected chi connectivity index (χ0v) is 13.6. The van der Waals surface area contributed by atoms with Gasteiger partial charge in [0.2, 0.25) is 5.91 Å². The Morgan fingerprint density at radius 3 is 2.82 bits per heavy atom. The largest absolute Gasteiger partial charge is 0.496 e. The SMILES string of the molecule is COc1ccccc1/C(C)=C/C(=O)N1CCCCC1C(C)O. The number of carbonyl (C=O) groups is 1. The van der Waals surface area contributed by atoms with Crippen molar-refractivity contribution < 1.29 is 14.6 Å². The molecular formula is C18H25NO3. The van der Waals surface area contributed by atoms with E-state index >= 15 is 0 Å². The molecule has 1 N–H and O–H groups in total. The quantitative estimate of drug-likeness (QED) is 0.870. The number of ether oxygens (including phenoxy) is 1. The number of carbonyl (C=O) groups excluding carboxylic acids is 1. The first-order valence-electron chi connectivity index (χ1n) is 7.85. The van der Waals surface area contributed by atoms with Crippen molar-refractivity contribution in [1.29, 1.82) is 0 Å². The maximum atomic E-state index is 12.6. The number of piperidine rings is 1. The number of benzene rings is 1. The van der Waals surface area contributed by atoms with Crippen molar-refractivity contribution in [2.24, 2.45) is 0 Å². The number of amides is 1. The van der Waals surface area contributed by atoms with Gasteiger partial charge in [-0.2, -0.15) is 0 Å². The third-order valence-corrected chi connectivity index (χ3v) is 4.26. The van der Waals surface area contributed by atoms with Crippen LogP contribution >= 0.6 is 0 Å². The number of allylic oxidation sites excluding steroid dienone is 1. The third-order valence-electron chi connectivity index (χ3n) is 4.26. The molecule has 0 radical (unpaired) electrons. The van der Waals surface area contributed by atoms with Crippen LogP contribution in [-0.4, -0.2) is 41.7 Å². The van der Waals surface area contributed by atoms with Crippen LogP contribution in [0.25, 0.3) is 5.57 Å². The van der Waals surface area contributed by atoms with E-state index in [9.17, 15) is 9.90 Å². The first-order valence-corrected chi connectivity index (χ1v) is 7.85. The molecule has 1 aliphatic heterocycles. The summed E-state index contributed by atoms with van der Waals surface area (Å²) in [7, 11) is 1.63. The second-order valence-electron chi connectivity index (χ2n) is 5.86. The monoisotopic (exact) mass is 303 g/mol. The van der Waals surface area contributed by atoms with Crippen LogP contribution in [0.1, 0.15) is 38.7 Å². The molecule has 1 fully saturated rings. The molecule has 4 heteroatoms. The molecular weight excluding hydrogens is 278 g/mol. The molecule has 0 saturated carbocycles. The van der Waals surface area contributed by atoms with E-state index < -0.39 is 6.10 Å². The summed E-state index contributed by atoms with van der Waals surface area (Å²) in [6.45, 7) is 4.38. The molecule has 2 unspecified atom stereocenters. The molecule has 2 atom stereocenters. The molecule has 0 aliphatic carbocycles. The molecule has 0 bridgehead atoms. The summed E-state index contributed by atoms with van der Waals surface area (Å²) in [5.74, 6) is 0.726. The lowest BCUT2D eigenvalue weighted by atomic mass is 9.97. The van der Waals surface area contributed by atoms with Crippen molar-refractivity contribution in [3.05, 3.63) is 35.9 Å². The van der Waals surface area contributed by atoms with Gasteiger partial charge in [0.25, 0.3) is 0 Å². The van der Waals surface area contributed by atoms with Crippen LogP contribution in [0.5, 0.6) is 5.75 Å². The summed E-state index contributed by atoms with van der Waals surface area (Å²) in [5, 5.41) is 9.90. The molecule has 1 amide bonds. The number of para-hydroxylation sites is 1. The van der Waals surface area contributed by atoms with Crippen LogP contribution in [0.3, 0.4) is 0 Å². The predicted molar refractivity (Wildman–Crippen MR) is 87.7 cm³/mol. The summed E-state index contributed by atoms with van der Waals surface area (Å²) >= 11 is 0. The highest BCUT2D eigenvalue weighted by Crippen LogP contribution is 2.26. The summed E-state index contributed by atoms with van der Waals surface area (Å²) in [6.07, 6.45) is 4.08. The molecule has 120 valence electrons. The van der Waals surface area contributed by atoms with Gasteiger partial charge in [0.15, 0.2) is 0 Å². The molecule has 22 heavy (non-hydrogen) atoms. The van der Waals surface area contributed by atoms with Crippen LogP contribution < -0.4 is 4.74 Å². The number of nitrogens with zero attached hydrogens (tertiary/aromatic N) is 1. The van der Waals surface area contributed by atoms with Gasteiger partial charge in [0, 0.05) is 18.2 Å². The highest BCUT2D eigenvalue weighted by molar-refractivity contribution is 5.95. The van der Waals surface area contributed by atoms with E-state index in [0.717, 1.165) is 36.1 Å². The van der Waals surface area contributed by atoms with Crippen molar-refractivity contribution >= 4 is 11.5 Å². The van der Waals surface area contributed by atoms with E-state index in [4.69, 9.17) is 4.74 Å². The van der Waals surface area contributed by atoms with E-state index in [2.05, 4.69) is 0 Å². The maximum Gasteiger partial charge on any atom is 0.247 e. The van der Waals surface area contributed by atoms with Crippen LogP contribution in [0, 0.1) is 0 Å². The Labute approximate surface area is 132 Å². The fraction of sp³-hybridized carbons (Fsp3) is 0.500. The van der Waals surface area contributed by atoms with E-state index in [1.807, 2.05) is 31.2 Å². The zero-order chi connectivity index (χ0) is 16.1. The minimum absolute atomic E-state index is 0.0333. The molecule has 0 aromatic heterocycles. The van der Waals surface area contributed by atoms with Crippen LogP contribution in [-0.2, 0) is 4.79 Å². The number of rotatable bonds is 4. The fourth-order valence-electron chi connectivity index (χ4n) is 3.05. The van der Waals surface area contributed by atoms with Crippen molar-refractivity contribution in [3.8, 4) is 5.75 Å². The minimum atomic E-state index is -0.496. The Morgan fingerprint density at radius 2 is 2.14 bits per heavy atom. The molecule has 1 aromatic carbocycles. The molecule has 1 heterocycles. The zero-order valence-electron chi connectivity index (χ0n) is 13.6. The molecule has 1 aromatic rings. The van der Waals surface area contributed by atoms with Gasteiger partial charge in [0.1, 0.15) is 5.75 Å². The maximum absolute atomic E-state index is 12.6. The molecule has 4 nitrogen and oxygen atoms in total. The van der Waals surface area contributed by atoms with Crippen LogP contribution in [0.4, 0.5) is 0 Å². The first-order chi connectivity index (χ1) is 10.5. The first kappa shape index (κ1) is 16.6. The van der Waals surface area contributed by atoms with E-state index in [0.29, 0.717) is 6.54 Å². The van der Waals surface area contributed by atoms with Gasteiger partial charge in [-0.25, -0.2) is 0 Å². The normalized spacial score (nSPS) is 20.6. The van der Waals surface area contributed by atoms with Crippen LogP contribution in [0.2, 0.25) is 0 Å². The lowest BCUT2D eigenvalue weighted by Crippen LogP contribution is -2.48. The number of hydrogen-bond donors (Lipinski definition) is 1. The highest BCUT2D eigenvalue weighted by Gasteiger charge is 2.29. The highest BCUT2D eigenvalue weighted by atomic mass is 16.5. The Bertz CT molecular complexity index is 551. The Morgan fingerprint density at radius 1 is 1.41 bits per heavy atom. The number of aliphatic hydroxyl groups excluding tert-OH is 1. The number of aliphatic hydroxyl groups is 1. The number of likely N-dealkylation sites (tertiary alicyclic amines) is 1. The summed E-state index contributed by atoms with van der Waals surface area (Å²) < 4.78 is 5.35. The van der Waals surface area contributed by atoms with Crippen molar-refractivity contribution in [2.75, 3.05) is 13.7 Å². The number of methoxy groups -OCH3 is 1. The average molecular weight is 303 g/mol. The molecule has 2 rings (SSSR count). The second kappa shape index (κ2) is 7.45. The molecule has 1 saturated heterocycles. The topological polar surface area (TPSA) is 49.8 Å². The van der Waals surface area contributed by atoms with Crippen molar-refractivity contribution in [1.82, 2.24) is 4.90 Å². The van der Waals surface area contributed by atoms with Crippen LogP contribution in [0.15, 0.2) is 30.3 Å². The Hall–Kier alpha value is -1.81.